The fourth-order valence-electron chi connectivity index (χ4n) is 2.08. The van der Waals surface area contributed by atoms with Gasteiger partial charge in [-0.05, 0) is 24.3 Å². The van der Waals surface area contributed by atoms with Crippen molar-refractivity contribution in [3.05, 3.63) is 65.3 Å². The maximum absolute atomic E-state index is 6.07. The maximum atomic E-state index is 6.07. The number of alkyl halides is 1. The van der Waals surface area contributed by atoms with Gasteiger partial charge in [0, 0.05) is 10.6 Å². The van der Waals surface area contributed by atoms with E-state index in [0.29, 0.717) is 10.9 Å². The van der Waals surface area contributed by atoms with Gasteiger partial charge in [-0.1, -0.05) is 47.1 Å². The van der Waals surface area contributed by atoms with Gasteiger partial charge in [-0.3, -0.25) is 0 Å². The molecule has 0 N–H and O–H groups in total. The van der Waals surface area contributed by atoms with E-state index in [0.717, 1.165) is 22.6 Å². The van der Waals surface area contributed by atoms with Crippen LogP contribution in [-0.2, 0) is 5.88 Å². The lowest BCUT2D eigenvalue weighted by atomic mass is 10.1. The highest BCUT2D eigenvalue weighted by Gasteiger charge is 2.15. The lowest BCUT2D eigenvalue weighted by Gasteiger charge is -2.08. The predicted octanol–water partition coefficient (Wildman–Crippen LogP) is 4.33. The fourth-order valence-corrected chi connectivity index (χ4v) is 2.45. The molecule has 0 radical (unpaired) electrons. The van der Waals surface area contributed by atoms with E-state index < -0.39 is 0 Å². The Morgan fingerprint density at radius 2 is 1.80 bits per heavy atom. The molecule has 0 atom stereocenters. The fraction of sp³-hybridized carbons (Fsp3) is 0.0667. The number of benzene rings is 2. The van der Waals surface area contributed by atoms with Crippen molar-refractivity contribution >= 4 is 23.2 Å². The van der Waals surface area contributed by atoms with Crippen molar-refractivity contribution in [1.29, 1.82) is 0 Å². The van der Waals surface area contributed by atoms with Crippen LogP contribution in [0.5, 0.6) is 0 Å². The van der Waals surface area contributed by atoms with E-state index in [9.17, 15) is 0 Å². The van der Waals surface area contributed by atoms with Crippen LogP contribution in [0.2, 0.25) is 5.02 Å². The number of rotatable bonds is 3. The van der Waals surface area contributed by atoms with Crippen LogP contribution >= 0.6 is 23.2 Å². The lowest BCUT2D eigenvalue weighted by molar-refractivity contribution is 0.804. The molecule has 1 aromatic heterocycles. The first-order valence-corrected chi connectivity index (χ1v) is 7.03. The Morgan fingerprint density at radius 3 is 2.50 bits per heavy atom. The summed E-state index contributed by atoms with van der Waals surface area (Å²) >= 11 is 12.0. The Hall–Kier alpha value is -1.84. The minimum absolute atomic E-state index is 0.300. The van der Waals surface area contributed by atoms with Crippen LogP contribution in [0.25, 0.3) is 16.9 Å². The average molecular weight is 304 g/mol. The first-order chi connectivity index (χ1) is 9.79. The van der Waals surface area contributed by atoms with Gasteiger partial charge in [-0.15, -0.1) is 16.7 Å². The van der Waals surface area contributed by atoms with Crippen molar-refractivity contribution in [3.8, 4) is 16.9 Å². The van der Waals surface area contributed by atoms with Gasteiger partial charge in [0.05, 0.1) is 17.3 Å². The molecular weight excluding hydrogens is 293 g/mol. The zero-order valence-electron chi connectivity index (χ0n) is 10.5. The third-order valence-electron chi connectivity index (χ3n) is 2.97. The summed E-state index contributed by atoms with van der Waals surface area (Å²) in [5.41, 5.74) is 3.49. The minimum atomic E-state index is 0.300. The van der Waals surface area contributed by atoms with Crippen LogP contribution in [0.15, 0.2) is 54.6 Å². The van der Waals surface area contributed by atoms with Crippen molar-refractivity contribution in [1.82, 2.24) is 15.0 Å². The smallest absolute Gasteiger partial charge is 0.106 e. The summed E-state index contributed by atoms with van der Waals surface area (Å²) in [7, 11) is 0. The zero-order chi connectivity index (χ0) is 13.9. The maximum Gasteiger partial charge on any atom is 0.106 e. The summed E-state index contributed by atoms with van der Waals surface area (Å²) in [6.45, 7) is 0. The molecule has 2 aromatic carbocycles. The zero-order valence-corrected chi connectivity index (χ0v) is 12.0. The minimum Gasteiger partial charge on any atom is -0.213 e. The standard InChI is InChI=1S/C15H11Cl2N3/c16-10-14-15(11-5-4-6-12(17)9-11)20(19-18-14)13-7-2-1-3-8-13/h1-9H,10H2. The summed E-state index contributed by atoms with van der Waals surface area (Å²) in [5, 5.41) is 9.03. The molecule has 0 aliphatic rings. The second-order valence-electron chi connectivity index (χ2n) is 4.28. The molecule has 0 saturated carbocycles. The van der Waals surface area contributed by atoms with Gasteiger partial charge < -0.3 is 0 Å². The highest BCUT2D eigenvalue weighted by Crippen LogP contribution is 2.28. The second-order valence-corrected chi connectivity index (χ2v) is 4.98. The van der Waals surface area contributed by atoms with Crippen molar-refractivity contribution in [3.63, 3.8) is 0 Å². The first-order valence-electron chi connectivity index (χ1n) is 6.11. The highest BCUT2D eigenvalue weighted by atomic mass is 35.5. The molecule has 0 aliphatic carbocycles. The summed E-state index contributed by atoms with van der Waals surface area (Å²) < 4.78 is 1.78. The van der Waals surface area contributed by atoms with Crippen LogP contribution < -0.4 is 0 Å². The van der Waals surface area contributed by atoms with Crippen molar-refractivity contribution < 1.29 is 0 Å². The molecule has 0 fully saturated rings. The van der Waals surface area contributed by atoms with Gasteiger partial charge in [-0.25, -0.2) is 4.68 Å². The second kappa shape index (κ2) is 5.65. The Morgan fingerprint density at radius 1 is 1.00 bits per heavy atom. The molecule has 1 heterocycles. The molecule has 0 bridgehead atoms. The Bertz CT molecular complexity index is 723. The monoisotopic (exact) mass is 303 g/mol. The third kappa shape index (κ3) is 2.42. The average Bonchev–Trinajstić information content (AvgIpc) is 2.92. The number of hydrogen-bond acceptors (Lipinski definition) is 2. The van der Waals surface area contributed by atoms with Crippen LogP contribution in [0.1, 0.15) is 5.69 Å². The number of nitrogens with zero attached hydrogens (tertiary/aromatic N) is 3. The molecule has 3 nitrogen and oxygen atoms in total. The highest BCUT2D eigenvalue weighted by molar-refractivity contribution is 6.30. The van der Waals surface area contributed by atoms with E-state index in [1.165, 1.54) is 0 Å². The van der Waals surface area contributed by atoms with Gasteiger partial charge in [-0.2, -0.15) is 0 Å². The van der Waals surface area contributed by atoms with E-state index >= 15 is 0 Å². The van der Waals surface area contributed by atoms with E-state index in [4.69, 9.17) is 23.2 Å². The van der Waals surface area contributed by atoms with Crippen LogP contribution in [-0.4, -0.2) is 15.0 Å². The van der Waals surface area contributed by atoms with Gasteiger partial charge in [0.1, 0.15) is 5.69 Å². The van der Waals surface area contributed by atoms with Crippen molar-refractivity contribution in [2.75, 3.05) is 0 Å². The van der Waals surface area contributed by atoms with Crippen molar-refractivity contribution in [2.45, 2.75) is 5.88 Å². The Kier molecular flexibility index (Phi) is 3.72. The van der Waals surface area contributed by atoms with Gasteiger partial charge in [0.15, 0.2) is 0 Å². The predicted molar refractivity (Wildman–Crippen MR) is 81.4 cm³/mol. The largest absolute Gasteiger partial charge is 0.213 e. The molecule has 0 spiro atoms. The van der Waals surface area contributed by atoms with Gasteiger partial charge in [0.25, 0.3) is 0 Å². The van der Waals surface area contributed by atoms with Crippen LogP contribution in [0.3, 0.4) is 0 Å². The van der Waals surface area contributed by atoms with Crippen LogP contribution in [0, 0.1) is 0 Å². The Labute approximate surface area is 126 Å². The lowest BCUT2D eigenvalue weighted by Crippen LogP contribution is -1.99. The molecule has 0 aliphatic heterocycles. The number of para-hydroxylation sites is 1. The summed E-state index contributed by atoms with van der Waals surface area (Å²) in [6.07, 6.45) is 0. The normalized spacial score (nSPS) is 10.7. The number of aromatic nitrogens is 3. The summed E-state index contributed by atoms with van der Waals surface area (Å²) in [4.78, 5) is 0. The van der Waals surface area contributed by atoms with E-state index in [1.807, 2.05) is 54.6 Å². The SMILES string of the molecule is ClCc1nnn(-c2ccccc2)c1-c1cccc(Cl)c1. The van der Waals surface area contributed by atoms with Gasteiger partial charge in [0.2, 0.25) is 0 Å². The molecule has 0 amide bonds. The topological polar surface area (TPSA) is 30.7 Å². The third-order valence-corrected chi connectivity index (χ3v) is 3.45. The number of halogens is 2. The molecule has 0 saturated heterocycles. The first kappa shape index (κ1) is 13.2. The summed E-state index contributed by atoms with van der Waals surface area (Å²) in [6, 6.07) is 17.4. The van der Waals surface area contributed by atoms with Gasteiger partial charge >= 0.3 is 0 Å². The van der Waals surface area contributed by atoms with E-state index in [1.54, 1.807) is 4.68 Å². The molecule has 20 heavy (non-hydrogen) atoms. The van der Waals surface area contributed by atoms with Crippen LogP contribution in [0.4, 0.5) is 0 Å². The molecule has 3 rings (SSSR count). The quantitative estimate of drug-likeness (QED) is 0.674. The molecule has 3 aromatic rings. The summed E-state index contributed by atoms with van der Waals surface area (Å²) in [5.74, 6) is 0.300. The molecule has 0 unspecified atom stereocenters. The molecular formula is C15H11Cl2N3. The van der Waals surface area contributed by atoms with E-state index in [2.05, 4.69) is 10.3 Å². The number of hydrogen-bond donors (Lipinski definition) is 0. The van der Waals surface area contributed by atoms with E-state index in [-0.39, 0.29) is 0 Å². The molecule has 100 valence electrons. The Balaban J connectivity index is 2.21. The van der Waals surface area contributed by atoms with Crippen molar-refractivity contribution in [2.24, 2.45) is 0 Å². The molecule has 5 heteroatoms.